The summed E-state index contributed by atoms with van der Waals surface area (Å²) in [7, 11) is 3.32. The molecule has 0 fully saturated rings. The Balaban J connectivity index is 1.79. The van der Waals surface area contributed by atoms with Gasteiger partial charge in [-0.25, -0.2) is 0 Å². The molecule has 1 atom stereocenters. The van der Waals surface area contributed by atoms with Crippen molar-refractivity contribution in [3.05, 3.63) is 142 Å². The lowest BCUT2D eigenvalue weighted by atomic mass is 9.92. The Morgan fingerprint density at radius 1 is 0.897 bits per heavy atom. The van der Waals surface area contributed by atoms with Crippen LogP contribution in [0.3, 0.4) is 0 Å². The Hall–Kier alpha value is -3.84. The van der Waals surface area contributed by atoms with Gasteiger partial charge < -0.3 is 14.4 Å². The molecule has 198 valence electrons. The molecule has 1 amide bonds. The number of hydrogen-bond acceptors (Lipinski definition) is 3. The predicted molar refractivity (Wildman–Crippen MR) is 168 cm³/mol. The first-order valence-corrected chi connectivity index (χ1v) is 13.8. The second kappa shape index (κ2) is 13.8. The highest BCUT2D eigenvalue weighted by Crippen LogP contribution is 2.32. The first kappa shape index (κ1) is 28.2. The summed E-state index contributed by atoms with van der Waals surface area (Å²) in [5.41, 5.74) is 4.86. The fourth-order valence-electron chi connectivity index (χ4n) is 4.47. The van der Waals surface area contributed by atoms with E-state index in [0.29, 0.717) is 13.0 Å². The molecule has 0 spiro atoms. The monoisotopic (exact) mass is 629 g/mol. The van der Waals surface area contributed by atoms with Gasteiger partial charge in [-0.15, -0.1) is 0 Å². The van der Waals surface area contributed by atoms with Gasteiger partial charge in [-0.3, -0.25) is 4.79 Å². The molecule has 0 aliphatic rings. The van der Waals surface area contributed by atoms with Crippen LogP contribution in [0.2, 0.25) is 0 Å². The molecular formula is C34H32INO3. The van der Waals surface area contributed by atoms with Gasteiger partial charge in [-0.2, -0.15) is 0 Å². The smallest absolute Gasteiger partial charge is 0.247 e. The number of benzene rings is 4. The van der Waals surface area contributed by atoms with Crippen LogP contribution in [0.15, 0.2) is 116 Å². The Morgan fingerprint density at radius 2 is 1.59 bits per heavy atom. The van der Waals surface area contributed by atoms with Crippen LogP contribution in [0.1, 0.15) is 22.3 Å². The van der Waals surface area contributed by atoms with Gasteiger partial charge in [0, 0.05) is 12.6 Å². The topological polar surface area (TPSA) is 38.8 Å². The van der Waals surface area contributed by atoms with E-state index >= 15 is 0 Å². The van der Waals surface area contributed by atoms with Crippen molar-refractivity contribution < 1.29 is 14.3 Å². The number of ether oxygens (including phenoxy) is 2. The van der Waals surface area contributed by atoms with Gasteiger partial charge >= 0.3 is 0 Å². The fraction of sp³-hybridized carbons (Fsp3) is 0.147. The summed E-state index contributed by atoms with van der Waals surface area (Å²) in [5, 5.41) is 0. The van der Waals surface area contributed by atoms with Crippen molar-refractivity contribution in [2.45, 2.75) is 19.0 Å². The summed E-state index contributed by atoms with van der Waals surface area (Å²) in [6.07, 6.45) is 4.09. The van der Waals surface area contributed by atoms with Gasteiger partial charge in [0.05, 0.1) is 23.8 Å². The van der Waals surface area contributed by atoms with Crippen LogP contribution >= 0.6 is 22.6 Å². The number of carbonyl (C=O) groups is 1. The van der Waals surface area contributed by atoms with Crippen molar-refractivity contribution >= 4 is 40.1 Å². The number of hydrogen-bond donors (Lipinski definition) is 0. The largest absolute Gasteiger partial charge is 0.497 e. The first-order valence-electron chi connectivity index (χ1n) is 12.7. The number of rotatable bonds is 11. The van der Waals surface area contributed by atoms with Crippen LogP contribution in [0, 0.1) is 3.57 Å². The van der Waals surface area contributed by atoms with Gasteiger partial charge in [-0.05, 0) is 81.1 Å². The van der Waals surface area contributed by atoms with E-state index in [1.807, 2.05) is 108 Å². The molecule has 0 heterocycles. The normalized spacial score (nSPS) is 11.7. The molecule has 0 aromatic heterocycles. The number of amides is 1. The lowest BCUT2D eigenvalue weighted by Gasteiger charge is -2.34. The standard InChI is InChI=1S/C34H32INO3/c1-25(28-16-10-18-30(22-28)38-2)31(23-29-17-11-19-32(39-3)34(29)35)36(24-27-14-8-5-9-15-27)33(37)21-20-26-12-6-4-7-13-26/h4-22,31H,1,23-24H2,2-3H3/b21-20+. The third-order valence-corrected chi connectivity index (χ3v) is 7.82. The molecule has 0 bridgehead atoms. The summed E-state index contributed by atoms with van der Waals surface area (Å²) in [6, 6.07) is 33.4. The Morgan fingerprint density at radius 3 is 2.28 bits per heavy atom. The Bertz CT molecular complexity index is 1430. The van der Waals surface area contributed by atoms with E-state index in [9.17, 15) is 4.79 Å². The lowest BCUT2D eigenvalue weighted by Crippen LogP contribution is -2.41. The maximum absolute atomic E-state index is 14.0. The zero-order chi connectivity index (χ0) is 27.6. The highest BCUT2D eigenvalue weighted by atomic mass is 127. The fourth-order valence-corrected chi connectivity index (χ4v) is 5.27. The van der Waals surface area contributed by atoms with Crippen LogP contribution in [0.4, 0.5) is 0 Å². The van der Waals surface area contributed by atoms with E-state index in [0.717, 1.165) is 42.9 Å². The molecule has 0 saturated heterocycles. The first-order chi connectivity index (χ1) is 19.0. The molecule has 4 aromatic carbocycles. The molecule has 0 aliphatic carbocycles. The summed E-state index contributed by atoms with van der Waals surface area (Å²) in [5.74, 6) is 1.46. The van der Waals surface area contributed by atoms with Crippen LogP contribution < -0.4 is 9.47 Å². The Kier molecular flexibility index (Phi) is 9.97. The van der Waals surface area contributed by atoms with Crippen molar-refractivity contribution in [2.75, 3.05) is 14.2 Å². The third kappa shape index (κ3) is 7.39. The molecule has 5 heteroatoms. The van der Waals surface area contributed by atoms with Gasteiger partial charge in [0.25, 0.3) is 0 Å². The van der Waals surface area contributed by atoms with Crippen LogP contribution in [-0.2, 0) is 17.8 Å². The summed E-state index contributed by atoms with van der Waals surface area (Å²) < 4.78 is 12.1. The van der Waals surface area contributed by atoms with Crippen molar-refractivity contribution in [1.29, 1.82) is 0 Å². The molecular weight excluding hydrogens is 597 g/mol. The third-order valence-electron chi connectivity index (χ3n) is 6.59. The molecule has 1 unspecified atom stereocenters. The summed E-state index contributed by atoms with van der Waals surface area (Å²) in [6.45, 7) is 4.96. The maximum atomic E-state index is 14.0. The van der Waals surface area contributed by atoms with E-state index < -0.39 is 0 Å². The molecule has 4 nitrogen and oxygen atoms in total. The molecule has 39 heavy (non-hydrogen) atoms. The average molecular weight is 630 g/mol. The Labute approximate surface area is 244 Å². The average Bonchev–Trinajstić information content (AvgIpc) is 2.99. The number of carbonyl (C=O) groups excluding carboxylic acids is 1. The molecule has 0 aliphatic heterocycles. The van der Waals surface area contributed by atoms with Crippen molar-refractivity contribution in [2.24, 2.45) is 0 Å². The van der Waals surface area contributed by atoms with Crippen molar-refractivity contribution in [3.8, 4) is 11.5 Å². The van der Waals surface area contributed by atoms with Crippen molar-refractivity contribution in [1.82, 2.24) is 4.90 Å². The second-order valence-corrected chi connectivity index (χ2v) is 10.2. The zero-order valence-electron chi connectivity index (χ0n) is 22.2. The zero-order valence-corrected chi connectivity index (χ0v) is 24.4. The van der Waals surface area contributed by atoms with E-state index in [4.69, 9.17) is 9.47 Å². The number of halogens is 1. The quantitative estimate of drug-likeness (QED) is 0.126. The SMILES string of the molecule is C=C(c1cccc(OC)c1)C(Cc1cccc(OC)c1I)N(Cc1ccccc1)C(=O)/C=C/c1ccccc1. The maximum Gasteiger partial charge on any atom is 0.247 e. The summed E-state index contributed by atoms with van der Waals surface area (Å²) >= 11 is 2.32. The molecule has 0 saturated carbocycles. The van der Waals surface area contributed by atoms with E-state index in [1.54, 1.807) is 20.3 Å². The van der Waals surface area contributed by atoms with Crippen molar-refractivity contribution in [3.63, 3.8) is 0 Å². The predicted octanol–water partition coefficient (Wildman–Crippen LogP) is 7.68. The van der Waals surface area contributed by atoms with E-state index in [-0.39, 0.29) is 11.9 Å². The molecule has 0 radical (unpaired) electrons. The number of methoxy groups -OCH3 is 2. The minimum Gasteiger partial charge on any atom is -0.497 e. The highest BCUT2D eigenvalue weighted by Gasteiger charge is 2.27. The minimum absolute atomic E-state index is 0.0883. The minimum atomic E-state index is -0.328. The van der Waals surface area contributed by atoms with Gasteiger partial charge in [0.15, 0.2) is 0 Å². The molecule has 4 rings (SSSR count). The second-order valence-electron chi connectivity index (χ2n) is 9.11. The van der Waals surface area contributed by atoms with Crippen LogP contribution in [0.25, 0.3) is 11.6 Å². The molecule has 4 aromatic rings. The van der Waals surface area contributed by atoms with Gasteiger partial charge in [-0.1, -0.05) is 91.5 Å². The van der Waals surface area contributed by atoms with Gasteiger partial charge in [0.1, 0.15) is 11.5 Å². The van der Waals surface area contributed by atoms with Crippen LogP contribution in [-0.4, -0.2) is 31.1 Å². The molecule has 0 N–H and O–H groups in total. The van der Waals surface area contributed by atoms with Crippen LogP contribution in [0.5, 0.6) is 11.5 Å². The van der Waals surface area contributed by atoms with Gasteiger partial charge in [0.2, 0.25) is 5.91 Å². The summed E-state index contributed by atoms with van der Waals surface area (Å²) in [4.78, 5) is 15.9. The van der Waals surface area contributed by atoms with E-state index in [1.165, 1.54) is 0 Å². The number of nitrogens with zero attached hydrogens (tertiary/aromatic N) is 1. The lowest BCUT2D eigenvalue weighted by molar-refractivity contribution is -0.127. The highest BCUT2D eigenvalue weighted by molar-refractivity contribution is 14.1. The van der Waals surface area contributed by atoms with E-state index in [2.05, 4.69) is 35.2 Å².